The summed E-state index contributed by atoms with van der Waals surface area (Å²) >= 11 is 1.28. The first-order chi connectivity index (χ1) is 10.4. The molecule has 1 aliphatic heterocycles. The van der Waals surface area contributed by atoms with Gasteiger partial charge in [0.25, 0.3) is 10.0 Å². The van der Waals surface area contributed by atoms with E-state index in [1.807, 2.05) is 18.4 Å². The number of rotatable bonds is 3. The molecule has 2 heterocycles. The molecule has 1 aliphatic carbocycles. The molecule has 5 nitrogen and oxygen atoms in total. The average Bonchev–Trinajstić information content (AvgIpc) is 3.20. The molecule has 1 spiro atoms. The zero-order chi connectivity index (χ0) is 16.0. The predicted octanol–water partition coefficient (Wildman–Crippen LogP) is 1.98. The zero-order valence-electron chi connectivity index (χ0n) is 13.0. The summed E-state index contributed by atoms with van der Waals surface area (Å²) in [5, 5.41) is 4.56. The van der Waals surface area contributed by atoms with Crippen LogP contribution in [0.3, 0.4) is 0 Å². The van der Waals surface area contributed by atoms with Crippen molar-refractivity contribution < 1.29 is 13.2 Å². The van der Waals surface area contributed by atoms with Crippen LogP contribution in [-0.2, 0) is 14.8 Å². The third-order valence-corrected chi connectivity index (χ3v) is 8.72. The zero-order valence-corrected chi connectivity index (χ0v) is 14.6. The van der Waals surface area contributed by atoms with Gasteiger partial charge in [0.15, 0.2) is 0 Å². The molecule has 7 heteroatoms. The van der Waals surface area contributed by atoms with E-state index in [9.17, 15) is 13.2 Å². The third-order valence-electron chi connectivity index (χ3n) is 5.21. The summed E-state index contributed by atoms with van der Waals surface area (Å²) in [6.45, 7) is 2.83. The number of hydrogen-bond acceptors (Lipinski definition) is 4. The van der Waals surface area contributed by atoms with Crippen LogP contribution in [0.2, 0.25) is 0 Å². The van der Waals surface area contributed by atoms with Gasteiger partial charge in [0.1, 0.15) is 4.21 Å². The number of nitrogens with zero attached hydrogens (tertiary/aromatic N) is 1. The van der Waals surface area contributed by atoms with Crippen molar-refractivity contribution in [3.63, 3.8) is 0 Å². The Labute approximate surface area is 135 Å². The fourth-order valence-electron chi connectivity index (χ4n) is 4.01. The van der Waals surface area contributed by atoms with Gasteiger partial charge in [-0.05, 0) is 48.6 Å². The lowest BCUT2D eigenvalue weighted by Crippen LogP contribution is -2.40. The Morgan fingerprint density at radius 1 is 1.45 bits per heavy atom. The Balaban J connectivity index is 1.86. The molecular formula is C15H22N2O3S2. The molecule has 3 rings (SSSR count). The topological polar surface area (TPSA) is 66.5 Å². The van der Waals surface area contributed by atoms with Crippen molar-refractivity contribution in [2.24, 2.45) is 11.3 Å². The van der Waals surface area contributed by atoms with E-state index in [4.69, 9.17) is 0 Å². The fraction of sp³-hybridized carbons (Fsp3) is 0.667. The minimum Gasteiger partial charge on any atom is -0.359 e. The summed E-state index contributed by atoms with van der Waals surface area (Å²) in [5.41, 5.74) is 0.637. The van der Waals surface area contributed by atoms with Gasteiger partial charge in [-0.2, -0.15) is 4.31 Å². The molecule has 122 valence electrons. The lowest BCUT2D eigenvalue weighted by molar-refractivity contribution is -0.127. The second-order valence-corrected chi connectivity index (χ2v) is 9.45. The third kappa shape index (κ3) is 2.39. The van der Waals surface area contributed by atoms with Crippen LogP contribution in [0, 0.1) is 18.3 Å². The molecule has 1 aromatic heterocycles. The molecule has 22 heavy (non-hydrogen) atoms. The number of amides is 1. The average molecular weight is 342 g/mol. The molecule has 2 aliphatic rings. The van der Waals surface area contributed by atoms with Gasteiger partial charge in [0.2, 0.25) is 5.91 Å². The maximum absolute atomic E-state index is 12.8. The monoisotopic (exact) mass is 342 g/mol. The number of aryl methyl sites for hydroxylation is 1. The molecule has 0 radical (unpaired) electrons. The number of carbonyl (C=O) groups is 1. The Morgan fingerprint density at radius 2 is 2.23 bits per heavy atom. The van der Waals surface area contributed by atoms with Crippen molar-refractivity contribution >= 4 is 27.3 Å². The molecule has 1 amide bonds. The first-order valence-electron chi connectivity index (χ1n) is 7.66. The molecule has 1 saturated heterocycles. The summed E-state index contributed by atoms with van der Waals surface area (Å²) in [6, 6.07) is 1.84. The van der Waals surface area contributed by atoms with Crippen LogP contribution in [0.4, 0.5) is 0 Å². The standard InChI is InChI=1S/C15H22N2O3S2/c1-11-5-9-21-14(11)22(19,20)17-8-7-15(10-17)6-3-4-12(15)13(18)16-2/h5,9,12H,3-4,6-8,10H2,1-2H3,(H,16,18)/t12-,15-/m0/s1. The first kappa shape index (κ1) is 16.0. The number of sulfonamides is 1. The van der Waals surface area contributed by atoms with Crippen LogP contribution in [0.1, 0.15) is 31.2 Å². The van der Waals surface area contributed by atoms with E-state index in [-0.39, 0.29) is 17.2 Å². The van der Waals surface area contributed by atoms with Gasteiger partial charge in [-0.25, -0.2) is 8.42 Å². The van der Waals surface area contributed by atoms with Gasteiger partial charge in [-0.1, -0.05) is 6.42 Å². The molecule has 1 N–H and O–H groups in total. The Morgan fingerprint density at radius 3 is 2.86 bits per heavy atom. The maximum atomic E-state index is 12.8. The van der Waals surface area contributed by atoms with Gasteiger partial charge < -0.3 is 5.32 Å². The smallest absolute Gasteiger partial charge is 0.252 e. The fourth-order valence-corrected chi connectivity index (χ4v) is 7.10. The van der Waals surface area contributed by atoms with Crippen LogP contribution >= 0.6 is 11.3 Å². The second kappa shape index (κ2) is 5.62. The molecule has 2 fully saturated rings. The van der Waals surface area contributed by atoms with E-state index in [2.05, 4.69) is 5.32 Å². The number of carbonyl (C=O) groups excluding carboxylic acids is 1. The van der Waals surface area contributed by atoms with Crippen molar-refractivity contribution in [2.75, 3.05) is 20.1 Å². The Hall–Kier alpha value is -0.920. The van der Waals surface area contributed by atoms with Gasteiger partial charge in [0.05, 0.1) is 0 Å². The highest BCUT2D eigenvalue weighted by Crippen LogP contribution is 2.51. The molecule has 1 aromatic rings. The Bertz CT molecular complexity index is 683. The second-order valence-electron chi connectivity index (χ2n) is 6.40. The molecule has 1 saturated carbocycles. The molecule has 0 aromatic carbocycles. The lowest BCUT2D eigenvalue weighted by atomic mass is 9.76. The van der Waals surface area contributed by atoms with Gasteiger partial charge >= 0.3 is 0 Å². The van der Waals surface area contributed by atoms with Crippen molar-refractivity contribution in [3.8, 4) is 0 Å². The van der Waals surface area contributed by atoms with E-state index >= 15 is 0 Å². The molecular weight excluding hydrogens is 320 g/mol. The van der Waals surface area contributed by atoms with Crippen molar-refractivity contribution in [3.05, 3.63) is 17.0 Å². The molecule has 0 unspecified atom stereocenters. The highest BCUT2D eigenvalue weighted by atomic mass is 32.2. The van der Waals surface area contributed by atoms with Crippen LogP contribution in [0.25, 0.3) is 0 Å². The summed E-state index contributed by atoms with van der Waals surface area (Å²) in [7, 11) is -1.77. The van der Waals surface area contributed by atoms with Gasteiger partial charge in [-0.15, -0.1) is 11.3 Å². The highest BCUT2D eigenvalue weighted by molar-refractivity contribution is 7.91. The summed E-state index contributed by atoms with van der Waals surface area (Å²) in [6.07, 6.45) is 3.60. The van der Waals surface area contributed by atoms with Gasteiger partial charge in [-0.3, -0.25) is 4.79 Å². The number of thiophene rings is 1. The van der Waals surface area contributed by atoms with Crippen LogP contribution in [-0.4, -0.2) is 38.8 Å². The molecule has 2 atom stereocenters. The molecule has 0 bridgehead atoms. The predicted molar refractivity (Wildman–Crippen MR) is 86.3 cm³/mol. The SMILES string of the molecule is CNC(=O)[C@@H]1CCC[C@@]12CCN(S(=O)(=O)c1sccc1C)C2. The quantitative estimate of drug-likeness (QED) is 0.913. The highest BCUT2D eigenvalue weighted by Gasteiger charge is 2.52. The summed E-state index contributed by atoms with van der Waals surface area (Å²) in [5.74, 6) is 0.00573. The maximum Gasteiger partial charge on any atom is 0.252 e. The van der Waals surface area contributed by atoms with Crippen LogP contribution in [0.5, 0.6) is 0 Å². The van der Waals surface area contributed by atoms with E-state index in [0.29, 0.717) is 17.3 Å². The van der Waals surface area contributed by atoms with E-state index in [1.165, 1.54) is 11.3 Å². The Kier molecular flexibility index (Phi) is 4.07. The van der Waals surface area contributed by atoms with Crippen LogP contribution in [0.15, 0.2) is 15.7 Å². The van der Waals surface area contributed by atoms with Crippen molar-refractivity contribution in [1.82, 2.24) is 9.62 Å². The summed E-state index contributed by atoms with van der Waals surface area (Å²) < 4.78 is 27.7. The van der Waals surface area contributed by atoms with Crippen LogP contribution < -0.4 is 5.32 Å². The van der Waals surface area contributed by atoms with Crippen molar-refractivity contribution in [1.29, 1.82) is 0 Å². The minimum atomic E-state index is -3.43. The lowest BCUT2D eigenvalue weighted by Gasteiger charge is -2.30. The van der Waals surface area contributed by atoms with E-state index < -0.39 is 10.0 Å². The van der Waals surface area contributed by atoms with Crippen molar-refractivity contribution in [2.45, 2.75) is 36.8 Å². The van der Waals surface area contributed by atoms with Gasteiger partial charge in [0, 0.05) is 26.1 Å². The minimum absolute atomic E-state index is 0.0536. The normalized spacial score (nSPS) is 29.3. The largest absolute Gasteiger partial charge is 0.359 e. The first-order valence-corrected chi connectivity index (χ1v) is 9.98. The van der Waals surface area contributed by atoms with E-state index in [1.54, 1.807) is 11.4 Å². The number of nitrogens with one attached hydrogen (secondary N) is 1. The summed E-state index contributed by atoms with van der Waals surface area (Å²) in [4.78, 5) is 12.1. The number of hydrogen-bond donors (Lipinski definition) is 1. The van der Waals surface area contributed by atoms with E-state index in [0.717, 1.165) is 31.2 Å².